The Labute approximate surface area is 160 Å². The summed E-state index contributed by atoms with van der Waals surface area (Å²) in [7, 11) is 0. The van der Waals surface area contributed by atoms with E-state index >= 15 is 0 Å². The van der Waals surface area contributed by atoms with Crippen molar-refractivity contribution in [3.63, 3.8) is 0 Å². The summed E-state index contributed by atoms with van der Waals surface area (Å²) in [5, 5.41) is 6.19. The van der Waals surface area contributed by atoms with Crippen LogP contribution in [0.5, 0.6) is 0 Å². The molecule has 3 aromatic rings. The first-order valence-corrected chi connectivity index (χ1v) is 9.40. The van der Waals surface area contributed by atoms with Crippen LogP contribution in [0, 0.1) is 12.7 Å². The molecule has 0 saturated carbocycles. The van der Waals surface area contributed by atoms with Gasteiger partial charge in [-0.2, -0.15) is 0 Å². The van der Waals surface area contributed by atoms with E-state index in [0.717, 1.165) is 16.7 Å². The van der Waals surface area contributed by atoms with Crippen LogP contribution in [0.2, 0.25) is 0 Å². The van der Waals surface area contributed by atoms with Gasteiger partial charge in [0.05, 0.1) is 15.6 Å². The second-order valence-corrected chi connectivity index (χ2v) is 7.47. The average molecular weight is 380 g/mol. The van der Waals surface area contributed by atoms with Gasteiger partial charge in [-0.15, -0.1) is 11.3 Å². The SMILES string of the molecule is Cc1c(C(=O)Nc2ccccc2F)sc2c1[C@H](c1ccccc1)CC(=O)N2. The molecule has 0 radical (unpaired) electrons. The normalized spacial score (nSPS) is 15.8. The van der Waals surface area contributed by atoms with Gasteiger partial charge >= 0.3 is 0 Å². The molecular weight excluding hydrogens is 363 g/mol. The Morgan fingerprint density at radius 3 is 2.59 bits per heavy atom. The smallest absolute Gasteiger partial charge is 0.266 e. The minimum atomic E-state index is -0.486. The number of hydrogen-bond donors (Lipinski definition) is 2. The zero-order valence-corrected chi connectivity index (χ0v) is 15.4. The quantitative estimate of drug-likeness (QED) is 0.677. The number of carbonyl (C=O) groups excluding carboxylic acids is 2. The second-order valence-electron chi connectivity index (χ2n) is 6.45. The second kappa shape index (κ2) is 6.96. The van der Waals surface area contributed by atoms with Crippen molar-refractivity contribution < 1.29 is 14.0 Å². The molecule has 136 valence electrons. The zero-order valence-electron chi connectivity index (χ0n) is 14.6. The lowest BCUT2D eigenvalue weighted by atomic mass is 9.85. The number of anilines is 2. The average Bonchev–Trinajstić information content (AvgIpc) is 3.00. The van der Waals surface area contributed by atoms with E-state index in [4.69, 9.17) is 0 Å². The molecule has 1 atom stereocenters. The molecular formula is C21H17FN2O2S. The lowest BCUT2D eigenvalue weighted by molar-refractivity contribution is -0.116. The predicted molar refractivity (Wildman–Crippen MR) is 105 cm³/mol. The van der Waals surface area contributed by atoms with Gasteiger partial charge in [-0.25, -0.2) is 4.39 Å². The van der Waals surface area contributed by atoms with E-state index in [1.54, 1.807) is 12.1 Å². The minimum absolute atomic E-state index is 0.0707. The van der Waals surface area contributed by atoms with Crippen molar-refractivity contribution in [2.24, 2.45) is 0 Å². The fourth-order valence-electron chi connectivity index (χ4n) is 3.43. The van der Waals surface area contributed by atoms with Crippen LogP contribution in [0.1, 0.15) is 38.7 Å². The zero-order chi connectivity index (χ0) is 19.0. The number of hydrogen-bond acceptors (Lipinski definition) is 3. The number of benzene rings is 2. The van der Waals surface area contributed by atoms with Gasteiger partial charge in [-0.3, -0.25) is 9.59 Å². The summed E-state index contributed by atoms with van der Waals surface area (Å²) >= 11 is 1.23. The van der Waals surface area contributed by atoms with E-state index in [2.05, 4.69) is 10.6 Å². The van der Waals surface area contributed by atoms with Crippen LogP contribution in [0.3, 0.4) is 0 Å². The lowest BCUT2D eigenvalue weighted by Gasteiger charge is -2.24. The lowest BCUT2D eigenvalue weighted by Crippen LogP contribution is -2.22. The van der Waals surface area contributed by atoms with Crippen molar-refractivity contribution in [2.45, 2.75) is 19.3 Å². The maximum atomic E-state index is 13.9. The Morgan fingerprint density at radius 1 is 1.15 bits per heavy atom. The number of amides is 2. The highest BCUT2D eigenvalue weighted by Crippen LogP contribution is 2.45. The summed E-state index contributed by atoms with van der Waals surface area (Å²) in [6, 6.07) is 15.8. The number of fused-ring (bicyclic) bond motifs is 1. The first-order chi connectivity index (χ1) is 13.0. The molecule has 0 saturated heterocycles. The minimum Gasteiger partial charge on any atom is -0.319 e. The topological polar surface area (TPSA) is 58.2 Å². The molecule has 2 N–H and O–H groups in total. The molecule has 2 heterocycles. The monoisotopic (exact) mass is 380 g/mol. The van der Waals surface area contributed by atoms with E-state index in [1.807, 2.05) is 37.3 Å². The van der Waals surface area contributed by atoms with E-state index in [9.17, 15) is 14.0 Å². The van der Waals surface area contributed by atoms with Crippen LogP contribution < -0.4 is 10.6 Å². The van der Waals surface area contributed by atoms with Crippen LogP contribution in [-0.4, -0.2) is 11.8 Å². The third-order valence-corrected chi connectivity index (χ3v) is 5.94. The first-order valence-electron chi connectivity index (χ1n) is 8.58. The number of rotatable bonds is 3. The summed E-state index contributed by atoms with van der Waals surface area (Å²) in [6.45, 7) is 1.87. The fourth-order valence-corrected chi connectivity index (χ4v) is 4.61. The predicted octanol–water partition coefficient (Wildman–Crippen LogP) is 4.92. The van der Waals surface area contributed by atoms with Crippen molar-refractivity contribution in [1.29, 1.82) is 0 Å². The molecule has 1 aliphatic heterocycles. The van der Waals surface area contributed by atoms with Gasteiger partial charge in [0.15, 0.2) is 0 Å². The molecule has 4 rings (SSSR count). The standard InChI is InChI=1S/C21H17FN2O2S/c1-12-18-14(13-7-3-2-4-8-13)11-17(25)24-21(18)27-19(12)20(26)23-16-10-6-5-9-15(16)22/h2-10,14H,11H2,1H3,(H,23,26)(H,24,25)/t14-/m0/s1. The molecule has 6 heteroatoms. The fraction of sp³-hybridized carbons (Fsp3) is 0.143. The van der Waals surface area contributed by atoms with Crippen LogP contribution in [0.25, 0.3) is 0 Å². The van der Waals surface area contributed by atoms with Gasteiger partial charge in [-0.05, 0) is 35.7 Å². The summed E-state index contributed by atoms with van der Waals surface area (Å²) < 4.78 is 13.9. The molecule has 0 aliphatic carbocycles. The number of carbonyl (C=O) groups is 2. The van der Waals surface area contributed by atoms with Gasteiger partial charge in [0, 0.05) is 12.3 Å². The highest BCUT2D eigenvalue weighted by atomic mass is 32.1. The van der Waals surface area contributed by atoms with Gasteiger partial charge in [0.25, 0.3) is 5.91 Å². The summed E-state index contributed by atoms with van der Waals surface area (Å²) in [4.78, 5) is 25.4. The van der Waals surface area contributed by atoms with Gasteiger partial charge in [0.1, 0.15) is 5.82 Å². The van der Waals surface area contributed by atoms with Crippen LogP contribution in [0.4, 0.5) is 15.1 Å². The molecule has 0 fully saturated rings. The molecule has 0 spiro atoms. The molecule has 0 bridgehead atoms. The summed E-state index contributed by atoms with van der Waals surface area (Å²) in [5.41, 5.74) is 2.95. The molecule has 0 unspecified atom stereocenters. The van der Waals surface area contributed by atoms with Crippen molar-refractivity contribution in [3.8, 4) is 0 Å². The molecule has 1 aromatic heterocycles. The van der Waals surface area contributed by atoms with Crippen molar-refractivity contribution >= 4 is 33.8 Å². The maximum absolute atomic E-state index is 13.9. The maximum Gasteiger partial charge on any atom is 0.266 e. The first kappa shape index (κ1) is 17.4. The molecule has 2 amide bonds. The Hall–Kier alpha value is -2.99. The Kier molecular flexibility index (Phi) is 4.49. The van der Waals surface area contributed by atoms with E-state index < -0.39 is 5.82 Å². The Balaban J connectivity index is 1.72. The summed E-state index contributed by atoms with van der Waals surface area (Å²) in [6.07, 6.45) is 0.336. The third-order valence-electron chi connectivity index (χ3n) is 4.71. The van der Waals surface area contributed by atoms with Gasteiger partial charge < -0.3 is 10.6 Å². The summed E-state index contributed by atoms with van der Waals surface area (Å²) in [5.74, 6) is -1.03. The van der Waals surface area contributed by atoms with Crippen LogP contribution >= 0.6 is 11.3 Å². The Bertz CT molecular complexity index is 1030. The van der Waals surface area contributed by atoms with Crippen LogP contribution in [0.15, 0.2) is 54.6 Å². The van der Waals surface area contributed by atoms with Crippen molar-refractivity contribution in [3.05, 3.63) is 82.0 Å². The molecule has 27 heavy (non-hydrogen) atoms. The highest BCUT2D eigenvalue weighted by molar-refractivity contribution is 7.18. The van der Waals surface area contributed by atoms with Crippen molar-refractivity contribution in [1.82, 2.24) is 0 Å². The largest absolute Gasteiger partial charge is 0.319 e. The molecule has 4 nitrogen and oxygen atoms in total. The number of para-hydroxylation sites is 1. The van der Waals surface area contributed by atoms with Crippen molar-refractivity contribution in [2.75, 3.05) is 10.6 Å². The number of thiophene rings is 1. The third kappa shape index (κ3) is 3.24. The van der Waals surface area contributed by atoms with E-state index in [1.165, 1.54) is 23.5 Å². The number of nitrogens with one attached hydrogen (secondary N) is 2. The van der Waals surface area contributed by atoms with Gasteiger partial charge in [-0.1, -0.05) is 42.5 Å². The van der Waals surface area contributed by atoms with E-state index in [0.29, 0.717) is 16.3 Å². The highest BCUT2D eigenvalue weighted by Gasteiger charge is 2.32. The van der Waals surface area contributed by atoms with E-state index in [-0.39, 0.29) is 23.4 Å². The molecule has 2 aromatic carbocycles. The van der Waals surface area contributed by atoms with Crippen LogP contribution in [-0.2, 0) is 4.79 Å². The van der Waals surface area contributed by atoms with Gasteiger partial charge in [0.2, 0.25) is 5.91 Å². The Morgan fingerprint density at radius 2 is 1.85 bits per heavy atom. The molecule has 1 aliphatic rings. The number of halogens is 1.